The maximum atomic E-state index is 12.0. The third kappa shape index (κ3) is 5.95. The Hall–Kier alpha value is -2.09. The molecule has 0 spiro atoms. The lowest BCUT2D eigenvalue weighted by Gasteiger charge is -2.30. The SMILES string of the molecule is COc1cccc(CN(CC(O)COc2ccccc2)C2CCS(=O)(=O)C2)c1. The zero-order valence-electron chi connectivity index (χ0n) is 16.0. The molecule has 1 heterocycles. The number of ether oxygens (including phenoxy) is 2. The van der Waals surface area contributed by atoms with Gasteiger partial charge in [-0.25, -0.2) is 8.42 Å². The van der Waals surface area contributed by atoms with Crippen molar-refractivity contribution < 1.29 is 23.0 Å². The molecule has 0 aromatic heterocycles. The molecule has 1 aliphatic rings. The van der Waals surface area contributed by atoms with Crippen LogP contribution in [0.4, 0.5) is 0 Å². The minimum atomic E-state index is -3.02. The van der Waals surface area contributed by atoms with E-state index in [-0.39, 0.29) is 24.2 Å². The van der Waals surface area contributed by atoms with Crippen molar-refractivity contribution in [2.45, 2.75) is 25.1 Å². The Morgan fingerprint density at radius 1 is 1.14 bits per heavy atom. The van der Waals surface area contributed by atoms with Crippen LogP contribution in [0.2, 0.25) is 0 Å². The summed E-state index contributed by atoms with van der Waals surface area (Å²) in [5, 5.41) is 10.5. The molecule has 0 aliphatic carbocycles. The van der Waals surface area contributed by atoms with E-state index in [4.69, 9.17) is 9.47 Å². The summed E-state index contributed by atoms with van der Waals surface area (Å²) in [5.74, 6) is 1.78. The van der Waals surface area contributed by atoms with E-state index in [1.807, 2.05) is 59.5 Å². The number of aliphatic hydroxyl groups excluding tert-OH is 1. The molecular weight excluding hydrogens is 378 g/mol. The van der Waals surface area contributed by atoms with Crippen LogP contribution >= 0.6 is 0 Å². The summed E-state index contributed by atoms with van der Waals surface area (Å²) < 4.78 is 34.8. The molecule has 1 saturated heterocycles. The molecule has 2 unspecified atom stereocenters. The molecule has 2 aromatic carbocycles. The van der Waals surface area contributed by atoms with Gasteiger partial charge in [-0.3, -0.25) is 4.90 Å². The fraction of sp³-hybridized carbons (Fsp3) is 0.429. The molecule has 0 bridgehead atoms. The van der Waals surface area contributed by atoms with E-state index in [1.165, 1.54) is 0 Å². The van der Waals surface area contributed by atoms with Gasteiger partial charge < -0.3 is 14.6 Å². The molecule has 1 fully saturated rings. The highest BCUT2D eigenvalue weighted by molar-refractivity contribution is 7.91. The summed E-state index contributed by atoms with van der Waals surface area (Å²) >= 11 is 0. The molecule has 152 valence electrons. The molecule has 2 aromatic rings. The lowest BCUT2D eigenvalue weighted by Crippen LogP contribution is -2.42. The fourth-order valence-electron chi connectivity index (χ4n) is 3.44. The van der Waals surface area contributed by atoms with Crippen molar-refractivity contribution in [3.8, 4) is 11.5 Å². The molecule has 1 N–H and O–H groups in total. The fourth-order valence-corrected chi connectivity index (χ4v) is 5.21. The Morgan fingerprint density at radius 2 is 1.89 bits per heavy atom. The van der Waals surface area contributed by atoms with Crippen molar-refractivity contribution in [2.75, 3.05) is 31.8 Å². The Balaban J connectivity index is 1.66. The minimum Gasteiger partial charge on any atom is -0.497 e. The molecule has 0 amide bonds. The van der Waals surface area contributed by atoms with Gasteiger partial charge in [-0.15, -0.1) is 0 Å². The number of rotatable bonds is 9. The van der Waals surface area contributed by atoms with E-state index in [2.05, 4.69) is 0 Å². The van der Waals surface area contributed by atoms with Crippen LogP contribution in [0.3, 0.4) is 0 Å². The molecule has 0 radical (unpaired) electrons. The Kier molecular flexibility index (Phi) is 6.93. The minimum absolute atomic E-state index is 0.109. The highest BCUT2D eigenvalue weighted by atomic mass is 32.2. The molecular formula is C21H27NO5S. The molecule has 2 atom stereocenters. The van der Waals surface area contributed by atoms with Gasteiger partial charge in [0.1, 0.15) is 24.2 Å². The van der Waals surface area contributed by atoms with Gasteiger partial charge in [-0.05, 0) is 36.2 Å². The van der Waals surface area contributed by atoms with Gasteiger partial charge in [0.15, 0.2) is 9.84 Å². The first-order chi connectivity index (χ1) is 13.4. The second-order valence-electron chi connectivity index (χ2n) is 7.12. The quantitative estimate of drug-likeness (QED) is 0.689. The first-order valence-corrected chi connectivity index (χ1v) is 11.2. The Labute approximate surface area is 166 Å². The maximum absolute atomic E-state index is 12.0. The molecule has 6 nitrogen and oxygen atoms in total. The number of nitrogens with zero attached hydrogens (tertiary/aromatic N) is 1. The standard InChI is InChI=1S/C21H27NO5S/c1-26-21-9-5-6-17(12-21)13-22(18-10-11-28(24,25)16-18)14-19(23)15-27-20-7-3-2-4-8-20/h2-9,12,18-19,23H,10-11,13-16H2,1H3. The number of methoxy groups -OCH3 is 1. The van der Waals surface area contributed by atoms with Crippen molar-refractivity contribution >= 4 is 9.84 Å². The second kappa shape index (κ2) is 9.41. The van der Waals surface area contributed by atoms with Crippen molar-refractivity contribution in [1.29, 1.82) is 0 Å². The van der Waals surface area contributed by atoms with Crippen LogP contribution in [-0.2, 0) is 16.4 Å². The summed E-state index contributed by atoms with van der Waals surface area (Å²) in [6, 6.07) is 16.9. The van der Waals surface area contributed by atoms with E-state index in [0.29, 0.717) is 25.3 Å². The Bertz CT molecular complexity index is 856. The van der Waals surface area contributed by atoms with Crippen LogP contribution in [0.25, 0.3) is 0 Å². The molecule has 3 rings (SSSR count). The normalized spacial score (nSPS) is 19.5. The van der Waals surface area contributed by atoms with E-state index in [1.54, 1.807) is 7.11 Å². The van der Waals surface area contributed by atoms with Crippen LogP contribution in [0.5, 0.6) is 11.5 Å². The summed E-state index contributed by atoms with van der Waals surface area (Å²) in [6.45, 7) is 1.03. The van der Waals surface area contributed by atoms with E-state index in [9.17, 15) is 13.5 Å². The van der Waals surface area contributed by atoms with Crippen molar-refractivity contribution in [1.82, 2.24) is 4.90 Å². The Morgan fingerprint density at radius 3 is 2.57 bits per heavy atom. The highest BCUT2D eigenvalue weighted by Gasteiger charge is 2.33. The average Bonchev–Trinajstić information content (AvgIpc) is 3.06. The number of para-hydroxylation sites is 1. The van der Waals surface area contributed by atoms with Crippen LogP contribution in [0, 0.1) is 0 Å². The van der Waals surface area contributed by atoms with Crippen LogP contribution in [-0.4, -0.2) is 62.3 Å². The largest absolute Gasteiger partial charge is 0.497 e. The molecule has 28 heavy (non-hydrogen) atoms. The molecule has 7 heteroatoms. The van der Waals surface area contributed by atoms with E-state index < -0.39 is 15.9 Å². The van der Waals surface area contributed by atoms with Crippen molar-refractivity contribution in [2.24, 2.45) is 0 Å². The number of benzene rings is 2. The molecule has 0 saturated carbocycles. The molecule has 1 aliphatic heterocycles. The van der Waals surface area contributed by atoms with Crippen LogP contribution in [0.1, 0.15) is 12.0 Å². The van der Waals surface area contributed by atoms with E-state index >= 15 is 0 Å². The predicted molar refractivity (Wildman–Crippen MR) is 108 cm³/mol. The number of aliphatic hydroxyl groups is 1. The van der Waals surface area contributed by atoms with Gasteiger partial charge in [0.25, 0.3) is 0 Å². The number of hydrogen-bond acceptors (Lipinski definition) is 6. The van der Waals surface area contributed by atoms with E-state index in [0.717, 1.165) is 11.3 Å². The van der Waals surface area contributed by atoms with Gasteiger partial charge >= 0.3 is 0 Å². The zero-order valence-corrected chi connectivity index (χ0v) is 16.8. The average molecular weight is 406 g/mol. The number of sulfone groups is 1. The van der Waals surface area contributed by atoms with Crippen molar-refractivity contribution in [3.63, 3.8) is 0 Å². The van der Waals surface area contributed by atoms with Crippen molar-refractivity contribution in [3.05, 3.63) is 60.2 Å². The summed E-state index contributed by atoms with van der Waals surface area (Å²) in [5.41, 5.74) is 1.01. The van der Waals surface area contributed by atoms with Gasteiger partial charge in [0.05, 0.1) is 18.6 Å². The smallest absolute Gasteiger partial charge is 0.151 e. The lowest BCUT2D eigenvalue weighted by molar-refractivity contribution is 0.0524. The first kappa shape index (κ1) is 20.6. The lowest BCUT2D eigenvalue weighted by atomic mass is 10.1. The van der Waals surface area contributed by atoms with Gasteiger partial charge in [0.2, 0.25) is 0 Å². The number of hydrogen-bond donors (Lipinski definition) is 1. The second-order valence-corrected chi connectivity index (χ2v) is 9.34. The van der Waals surface area contributed by atoms with Gasteiger partial charge in [0, 0.05) is 19.1 Å². The van der Waals surface area contributed by atoms with Crippen LogP contribution < -0.4 is 9.47 Å². The maximum Gasteiger partial charge on any atom is 0.151 e. The summed E-state index contributed by atoms with van der Waals surface area (Å²) in [7, 11) is -1.40. The third-order valence-corrected chi connectivity index (χ3v) is 6.63. The zero-order chi connectivity index (χ0) is 20.0. The van der Waals surface area contributed by atoms with Gasteiger partial charge in [-0.1, -0.05) is 30.3 Å². The monoisotopic (exact) mass is 405 g/mol. The third-order valence-electron chi connectivity index (χ3n) is 4.88. The predicted octanol–water partition coefficient (Wildman–Crippen LogP) is 2.12. The topological polar surface area (TPSA) is 76.1 Å². The van der Waals surface area contributed by atoms with Gasteiger partial charge in [-0.2, -0.15) is 0 Å². The summed E-state index contributed by atoms with van der Waals surface area (Å²) in [6.07, 6.45) is -0.146. The summed E-state index contributed by atoms with van der Waals surface area (Å²) in [4.78, 5) is 2.04. The highest BCUT2D eigenvalue weighted by Crippen LogP contribution is 2.22. The van der Waals surface area contributed by atoms with Crippen LogP contribution in [0.15, 0.2) is 54.6 Å². The first-order valence-electron chi connectivity index (χ1n) is 9.38.